The van der Waals surface area contributed by atoms with Crippen LogP contribution in [0.2, 0.25) is 0 Å². The first-order valence-corrected chi connectivity index (χ1v) is 8.19. The lowest BCUT2D eigenvalue weighted by atomic mass is 10.2. The second kappa shape index (κ2) is 5.71. The Kier molecular flexibility index (Phi) is 4.16. The summed E-state index contributed by atoms with van der Waals surface area (Å²) in [6.07, 6.45) is 1.20. The summed E-state index contributed by atoms with van der Waals surface area (Å²) in [4.78, 5) is 21.6. The molecule has 1 amide bonds. The Morgan fingerprint density at radius 3 is 2.67 bits per heavy atom. The van der Waals surface area contributed by atoms with Crippen LogP contribution < -0.4 is 5.32 Å². The van der Waals surface area contributed by atoms with E-state index in [4.69, 9.17) is 10.7 Å². The standard InChI is InChI=1S/C9H5ClN4O5S2/c10-21(18,19)5-1-2-6(7(3-5)14(16)17)12-9(15)8-4-11-13-20-8/h1-4H,(H,12,15). The summed E-state index contributed by atoms with van der Waals surface area (Å²) in [5, 5.41) is 16.7. The number of aromatic nitrogens is 2. The van der Waals surface area contributed by atoms with Gasteiger partial charge in [0.1, 0.15) is 10.6 Å². The van der Waals surface area contributed by atoms with Crippen molar-refractivity contribution in [2.75, 3.05) is 5.32 Å². The summed E-state index contributed by atoms with van der Waals surface area (Å²) in [6, 6.07) is 2.90. The molecule has 2 aromatic rings. The van der Waals surface area contributed by atoms with Gasteiger partial charge >= 0.3 is 0 Å². The van der Waals surface area contributed by atoms with Crippen LogP contribution in [0.3, 0.4) is 0 Å². The molecule has 1 aromatic carbocycles. The number of nitro benzene ring substituents is 1. The predicted octanol–water partition coefficient (Wildman–Crippen LogP) is 1.63. The SMILES string of the molecule is O=C(Nc1ccc(S(=O)(=O)Cl)cc1[N+](=O)[O-])c1cnns1. The highest BCUT2D eigenvalue weighted by Crippen LogP contribution is 2.29. The monoisotopic (exact) mass is 348 g/mol. The van der Waals surface area contributed by atoms with Crippen LogP contribution in [0, 0.1) is 10.1 Å². The Morgan fingerprint density at radius 2 is 2.14 bits per heavy atom. The summed E-state index contributed by atoms with van der Waals surface area (Å²) in [5.74, 6) is -0.644. The first kappa shape index (κ1) is 15.3. The second-order valence-electron chi connectivity index (χ2n) is 3.61. The van der Waals surface area contributed by atoms with E-state index in [1.807, 2.05) is 0 Å². The Balaban J connectivity index is 2.40. The number of nitro groups is 1. The quantitative estimate of drug-likeness (QED) is 0.504. The fourth-order valence-corrected chi connectivity index (χ4v) is 2.55. The van der Waals surface area contributed by atoms with Crippen LogP contribution in [-0.4, -0.2) is 28.8 Å². The molecular formula is C9H5ClN4O5S2. The Labute approximate surface area is 126 Å². The molecule has 0 radical (unpaired) electrons. The van der Waals surface area contributed by atoms with E-state index in [0.717, 1.165) is 29.7 Å². The highest BCUT2D eigenvalue weighted by Gasteiger charge is 2.22. The smallest absolute Gasteiger partial charge is 0.294 e. The van der Waals surface area contributed by atoms with Crippen molar-refractivity contribution < 1.29 is 18.1 Å². The minimum atomic E-state index is -4.11. The third kappa shape index (κ3) is 3.51. The van der Waals surface area contributed by atoms with Crippen molar-refractivity contribution in [3.63, 3.8) is 0 Å². The lowest BCUT2D eigenvalue weighted by Gasteiger charge is -2.05. The number of hydrogen-bond donors (Lipinski definition) is 1. The number of carbonyl (C=O) groups excluding carboxylic acids is 1. The molecule has 1 N–H and O–H groups in total. The van der Waals surface area contributed by atoms with Crippen molar-refractivity contribution in [1.82, 2.24) is 9.59 Å². The molecule has 0 aliphatic rings. The Morgan fingerprint density at radius 1 is 1.43 bits per heavy atom. The van der Waals surface area contributed by atoms with Crippen LogP contribution in [0.15, 0.2) is 29.3 Å². The van der Waals surface area contributed by atoms with Gasteiger partial charge in [0.2, 0.25) is 0 Å². The summed E-state index contributed by atoms with van der Waals surface area (Å²) in [7, 11) is 1.01. The molecule has 1 heterocycles. The predicted molar refractivity (Wildman–Crippen MR) is 74.0 cm³/mol. The molecule has 1 aromatic heterocycles. The van der Waals surface area contributed by atoms with Crippen LogP contribution in [-0.2, 0) is 9.05 Å². The van der Waals surface area contributed by atoms with E-state index >= 15 is 0 Å². The minimum absolute atomic E-state index is 0.151. The second-order valence-corrected chi connectivity index (χ2v) is 6.96. The van der Waals surface area contributed by atoms with Gasteiger partial charge in [0.15, 0.2) is 0 Å². The van der Waals surface area contributed by atoms with Crippen molar-refractivity contribution in [2.24, 2.45) is 0 Å². The molecule has 9 nitrogen and oxygen atoms in total. The molecule has 0 saturated heterocycles. The Hall–Kier alpha value is -2.11. The molecule has 0 spiro atoms. The molecular weight excluding hydrogens is 344 g/mol. The van der Waals surface area contributed by atoms with Crippen molar-refractivity contribution in [2.45, 2.75) is 4.90 Å². The zero-order valence-corrected chi connectivity index (χ0v) is 12.3. The number of hydrogen-bond acceptors (Lipinski definition) is 8. The van der Waals surface area contributed by atoms with Crippen LogP contribution in [0.5, 0.6) is 0 Å². The number of halogens is 1. The van der Waals surface area contributed by atoms with Gasteiger partial charge in [-0.1, -0.05) is 4.49 Å². The molecule has 0 fully saturated rings. The Bertz CT molecular complexity index is 806. The molecule has 12 heteroatoms. The zero-order valence-electron chi connectivity index (χ0n) is 9.89. The van der Waals surface area contributed by atoms with E-state index in [2.05, 4.69) is 14.9 Å². The molecule has 110 valence electrons. The maximum atomic E-state index is 11.8. The van der Waals surface area contributed by atoms with E-state index in [-0.39, 0.29) is 10.6 Å². The average Bonchev–Trinajstić information content (AvgIpc) is 2.91. The summed E-state index contributed by atoms with van der Waals surface area (Å²) < 4.78 is 25.8. The number of nitrogens with zero attached hydrogens (tertiary/aromatic N) is 3. The van der Waals surface area contributed by atoms with Gasteiger partial charge in [0, 0.05) is 16.7 Å². The van der Waals surface area contributed by atoms with Gasteiger partial charge < -0.3 is 5.32 Å². The molecule has 0 aliphatic heterocycles. The van der Waals surface area contributed by atoms with Crippen molar-refractivity contribution in [3.05, 3.63) is 39.4 Å². The van der Waals surface area contributed by atoms with Gasteiger partial charge in [-0.05, 0) is 23.7 Å². The van der Waals surface area contributed by atoms with E-state index in [1.54, 1.807) is 0 Å². The van der Waals surface area contributed by atoms with Crippen molar-refractivity contribution >= 4 is 48.5 Å². The van der Waals surface area contributed by atoms with Crippen molar-refractivity contribution in [1.29, 1.82) is 0 Å². The van der Waals surface area contributed by atoms with Gasteiger partial charge in [0.05, 0.1) is 16.0 Å². The van der Waals surface area contributed by atoms with E-state index in [9.17, 15) is 23.3 Å². The maximum absolute atomic E-state index is 11.8. The molecule has 0 aliphatic carbocycles. The van der Waals surface area contributed by atoms with Gasteiger partial charge in [-0.3, -0.25) is 14.9 Å². The molecule has 21 heavy (non-hydrogen) atoms. The molecule has 0 atom stereocenters. The highest BCUT2D eigenvalue weighted by atomic mass is 35.7. The van der Waals surface area contributed by atoms with Crippen LogP contribution in [0.25, 0.3) is 0 Å². The highest BCUT2D eigenvalue weighted by molar-refractivity contribution is 8.13. The van der Waals surface area contributed by atoms with Gasteiger partial charge in [0.25, 0.3) is 20.6 Å². The van der Waals surface area contributed by atoms with Crippen LogP contribution in [0.1, 0.15) is 9.67 Å². The summed E-state index contributed by atoms with van der Waals surface area (Å²) in [5.41, 5.74) is -0.759. The van der Waals surface area contributed by atoms with E-state index in [0.29, 0.717) is 0 Å². The van der Waals surface area contributed by atoms with Crippen LogP contribution >= 0.6 is 22.2 Å². The van der Waals surface area contributed by atoms with Gasteiger partial charge in [-0.25, -0.2) is 8.42 Å². The summed E-state index contributed by atoms with van der Waals surface area (Å²) in [6.45, 7) is 0. The lowest BCUT2D eigenvalue weighted by Crippen LogP contribution is -2.12. The van der Waals surface area contributed by atoms with Crippen LogP contribution in [0.4, 0.5) is 11.4 Å². The van der Waals surface area contributed by atoms with Gasteiger partial charge in [-0.2, -0.15) is 0 Å². The van der Waals surface area contributed by atoms with E-state index < -0.39 is 30.5 Å². The molecule has 0 saturated carbocycles. The number of benzene rings is 1. The van der Waals surface area contributed by atoms with Gasteiger partial charge in [-0.15, -0.1) is 5.10 Å². The third-order valence-corrected chi connectivity index (χ3v) is 4.30. The normalized spacial score (nSPS) is 11.1. The largest absolute Gasteiger partial charge is 0.315 e. The number of anilines is 1. The molecule has 2 rings (SSSR count). The first-order valence-electron chi connectivity index (χ1n) is 5.11. The number of rotatable bonds is 4. The maximum Gasteiger partial charge on any atom is 0.294 e. The summed E-state index contributed by atoms with van der Waals surface area (Å²) >= 11 is 0.812. The number of carbonyl (C=O) groups is 1. The third-order valence-electron chi connectivity index (χ3n) is 2.28. The molecule has 0 unspecified atom stereocenters. The van der Waals surface area contributed by atoms with Crippen molar-refractivity contribution in [3.8, 4) is 0 Å². The van der Waals surface area contributed by atoms with E-state index in [1.165, 1.54) is 6.20 Å². The zero-order chi connectivity index (χ0) is 15.6. The molecule has 0 bridgehead atoms. The fourth-order valence-electron chi connectivity index (χ4n) is 1.37. The topological polar surface area (TPSA) is 132 Å². The average molecular weight is 349 g/mol. The number of nitrogens with one attached hydrogen (secondary N) is 1. The minimum Gasteiger partial charge on any atom is -0.315 e. The fraction of sp³-hybridized carbons (Fsp3) is 0. The number of amides is 1. The first-order chi connectivity index (χ1) is 9.79. The lowest BCUT2D eigenvalue weighted by molar-refractivity contribution is -0.384.